The summed E-state index contributed by atoms with van der Waals surface area (Å²) < 4.78 is 0. The molecule has 1 aromatic carbocycles. The zero-order chi connectivity index (χ0) is 12.3. The van der Waals surface area contributed by atoms with Crippen molar-refractivity contribution in [1.29, 1.82) is 0 Å². The fourth-order valence-electron chi connectivity index (χ4n) is 2.14. The van der Waals surface area contributed by atoms with Crippen molar-refractivity contribution in [2.24, 2.45) is 5.73 Å². The molecule has 0 radical (unpaired) electrons. The molecule has 0 aromatic heterocycles. The van der Waals surface area contributed by atoms with Crippen LogP contribution in [0.25, 0.3) is 0 Å². The van der Waals surface area contributed by atoms with Crippen LogP contribution in [0.5, 0.6) is 0 Å². The van der Waals surface area contributed by atoms with E-state index in [0.29, 0.717) is 6.04 Å². The summed E-state index contributed by atoms with van der Waals surface area (Å²) in [6.07, 6.45) is 1.99. The van der Waals surface area contributed by atoms with Crippen molar-refractivity contribution < 1.29 is 4.92 Å². The molecule has 0 amide bonds. The van der Waals surface area contributed by atoms with Crippen LogP contribution in [0.4, 0.5) is 5.69 Å². The Kier molecular flexibility index (Phi) is 5.53. The molecular formula is C12H18ClN3O2. The van der Waals surface area contributed by atoms with E-state index in [-0.39, 0.29) is 23.0 Å². The molecule has 6 heteroatoms. The van der Waals surface area contributed by atoms with Crippen LogP contribution in [-0.4, -0.2) is 35.5 Å². The van der Waals surface area contributed by atoms with Crippen molar-refractivity contribution in [3.63, 3.8) is 0 Å². The first-order valence-corrected chi connectivity index (χ1v) is 5.86. The topological polar surface area (TPSA) is 72.4 Å². The van der Waals surface area contributed by atoms with Crippen molar-refractivity contribution in [2.75, 3.05) is 19.6 Å². The molecule has 0 saturated carbocycles. The maximum absolute atomic E-state index is 10.5. The first-order valence-electron chi connectivity index (χ1n) is 5.86. The number of halogens is 1. The molecule has 0 spiro atoms. The molecule has 1 aliphatic heterocycles. The van der Waals surface area contributed by atoms with Crippen LogP contribution in [-0.2, 0) is 6.42 Å². The van der Waals surface area contributed by atoms with Crippen LogP contribution in [0.2, 0.25) is 0 Å². The summed E-state index contributed by atoms with van der Waals surface area (Å²) in [5.41, 5.74) is 7.12. The predicted octanol–water partition coefficient (Wildman–Crippen LogP) is 1.59. The summed E-state index contributed by atoms with van der Waals surface area (Å²) in [5.74, 6) is 0. The number of hydrogen-bond donors (Lipinski definition) is 1. The molecule has 18 heavy (non-hydrogen) atoms. The van der Waals surface area contributed by atoms with Gasteiger partial charge in [0.25, 0.3) is 5.69 Å². The third-order valence-electron chi connectivity index (χ3n) is 3.17. The van der Waals surface area contributed by atoms with Gasteiger partial charge in [0.1, 0.15) is 0 Å². The Hall–Kier alpha value is -1.17. The number of non-ortho nitro benzene ring substituents is 1. The molecular weight excluding hydrogens is 254 g/mol. The van der Waals surface area contributed by atoms with Crippen molar-refractivity contribution >= 4 is 18.1 Å². The van der Waals surface area contributed by atoms with Gasteiger partial charge in [-0.3, -0.25) is 10.1 Å². The highest BCUT2D eigenvalue weighted by Gasteiger charge is 2.18. The second kappa shape index (κ2) is 6.68. The molecule has 2 rings (SSSR count). The lowest BCUT2D eigenvalue weighted by atomic mass is 10.1. The van der Waals surface area contributed by atoms with Gasteiger partial charge in [-0.15, -0.1) is 12.4 Å². The molecule has 1 atom stereocenters. The van der Waals surface area contributed by atoms with Crippen molar-refractivity contribution in [3.05, 3.63) is 39.9 Å². The standard InChI is InChI=1S/C12H17N3O2.ClH/c13-11-6-8-14(9-11)7-5-10-1-3-12(4-2-10)15(16)17;/h1-4,11H,5-9,13H2;1H/t11-;/m1./s1. The Morgan fingerprint density at radius 1 is 1.39 bits per heavy atom. The summed E-state index contributed by atoms with van der Waals surface area (Å²) in [6, 6.07) is 7.09. The van der Waals surface area contributed by atoms with Crippen LogP contribution in [0, 0.1) is 10.1 Å². The van der Waals surface area contributed by atoms with E-state index >= 15 is 0 Å². The van der Waals surface area contributed by atoms with Crippen molar-refractivity contribution in [2.45, 2.75) is 18.9 Å². The lowest BCUT2D eigenvalue weighted by Gasteiger charge is -2.14. The van der Waals surface area contributed by atoms with Crippen LogP contribution < -0.4 is 5.73 Å². The number of nitrogens with zero attached hydrogens (tertiary/aromatic N) is 2. The fraction of sp³-hybridized carbons (Fsp3) is 0.500. The van der Waals surface area contributed by atoms with E-state index in [9.17, 15) is 10.1 Å². The molecule has 5 nitrogen and oxygen atoms in total. The number of hydrogen-bond acceptors (Lipinski definition) is 4. The summed E-state index contributed by atoms with van der Waals surface area (Å²) >= 11 is 0. The average Bonchev–Trinajstić information content (AvgIpc) is 2.73. The highest BCUT2D eigenvalue weighted by Crippen LogP contribution is 2.13. The molecule has 0 aliphatic carbocycles. The highest BCUT2D eigenvalue weighted by atomic mass is 35.5. The van der Waals surface area contributed by atoms with Gasteiger partial charge in [-0.2, -0.15) is 0 Å². The molecule has 2 N–H and O–H groups in total. The number of benzene rings is 1. The Labute approximate surface area is 113 Å². The number of nitro benzene ring substituents is 1. The van der Waals surface area contributed by atoms with Gasteiger partial charge >= 0.3 is 0 Å². The van der Waals surface area contributed by atoms with E-state index in [2.05, 4.69) is 4.90 Å². The van der Waals surface area contributed by atoms with Crippen LogP contribution in [0.3, 0.4) is 0 Å². The average molecular weight is 272 g/mol. The minimum atomic E-state index is -0.372. The summed E-state index contributed by atoms with van der Waals surface area (Å²) in [5, 5.41) is 10.5. The Morgan fingerprint density at radius 2 is 2.06 bits per heavy atom. The van der Waals surface area contributed by atoms with Crippen LogP contribution in [0.15, 0.2) is 24.3 Å². The molecule has 100 valence electrons. The summed E-state index contributed by atoms with van der Waals surface area (Å²) in [7, 11) is 0. The second-order valence-corrected chi connectivity index (χ2v) is 4.52. The monoisotopic (exact) mass is 271 g/mol. The first kappa shape index (κ1) is 14.9. The second-order valence-electron chi connectivity index (χ2n) is 4.52. The van der Waals surface area contributed by atoms with Gasteiger partial charge in [-0.25, -0.2) is 0 Å². The van der Waals surface area contributed by atoms with Gasteiger partial charge in [0.05, 0.1) is 4.92 Å². The Bertz CT molecular complexity index is 397. The van der Waals surface area contributed by atoms with Gasteiger partial charge in [0.15, 0.2) is 0 Å². The molecule has 1 aromatic rings. The summed E-state index contributed by atoms with van der Waals surface area (Å²) in [6.45, 7) is 3.01. The molecule has 0 bridgehead atoms. The van der Waals surface area contributed by atoms with Crippen LogP contribution in [0.1, 0.15) is 12.0 Å². The smallest absolute Gasteiger partial charge is 0.269 e. The van der Waals surface area contributed by atoms with E-state index in [0.717, 1.165) is 38.0 Å². The van der Waals surface area contributed by atoms with Gasteiger partial charge in [0, 0.05) is 31.3 Å². The normalized spacial score (nSPS) is 19.5. The molecule has 1 saturated heterocycles. The molecule has 0 unspecified atom stereocenters. The maximum Gasteiger partial charge on any atom is 0.269 e. The third kappa shape index (κ3) is 3.94. The van der Waals surface area contributed by atoms with Gasteiger partial charge in [-0.1, -0.05) is 12.1 Å². The number of likely N-dealkylation sites (tertiary alicyclic amines) is 1. The van der Waals surface area contributed by atoms with E-state index in [1.807, 2.05) is 12.1 Å². The third-order valence-corrected chi connectivity index (χ3v) is 3.17. The van der Waals surface area contributed by atoms with E-state index in [1.165, 1.54) is 0 Å². The number of rotatable bonds is 4. The highest BCUT2D eigenvalue weighted by molar-refractivity contribution is 5.85. The van der Waals surface area contributed by atoms with Gasteiger partial charge in [-0.05, 0) is 24.9 Å². The maximum atomic E-state index is 10.5. The van der Waals surface area contributed by atoms with Crippen molar-refractivity contribution in [1.82, 2.24) is 4.90 Å². The van der Waals surface area contributed by atoms with E-state index in [1.54, 1.807) is 12.1 Å². The SMILES string of the molecule is Cl.N[C@@H]1CCN(CCc2ccc([N+](=O)[O-])cc2)C1. The van der Waals surface area contributed by atoms with E-state index in [4.69, 9.17) is 5.73 Å². The molecule has 1 aliphatic rings. The lowest BCUT2D eigenvalue weighted by molar-refractivity contribution is -0.384. The minimum Gasteiger partial charge on any atom is -0.326 e. The first-order chi connectivity index (χ1) is 8.15. The predicted molar refractivity (Wildman–Crippen MR) is 73.1 cm³/mol. The van der Waals surface area contributed by atoms with Gasteiger partial charge < -0.3 is 10.6 Å². The van der Waals surface area contributed by atoms with Gasteiger partial charge in [0.2, 0.25) is 0 Å². The fourth-order valence-corrected chi connectivity index (χ4v) is 2.14. The van der Waals surface area contributed by atoms with E-state index < -0.39 is 0 Å². The lowest BCUT2D eigenvalue weighted by Crippen LogP contribution is -2.28. The minimum absolute atomic E-state index is 0. The van der Waals surface area contributed by atoms with Crippen LogP contribution >= 0.6 is 12.4 Å². The quantitative estimate of drug-likeness (QED) is 0.667. The molecule has 1 heterocycles. The Balaban J connectivity index is 0.00000162. The molecule has 1 fully saturated rings. The summed E-state index contributed by atoms with van der Waals surface area (Å²) in [4.78, 5) is 12.5. The zero-order valence-corrected chi connectivity index (χ0v) is 10.9. The van der Waals surface area contributed by atoms with Crippen molar-refractivity contribution in [3.8, 4) is 0 Å². The Morgan fingerprint density at radius 3 is 2.56 bits per heavy atom. The number of nitro groups is 1. The largest absolute Gasteiger partial charge is 0.326 e. The zero-order valence-electron chi connectivity index (χ0n) is 10.1. The number of nitrogens with two attached hydrogens (primary N) is 1.